The molecule has 7 nitrogen and oxygen atoms in total. The highest BCUT2D eigenvalue weighted by Gasteiger charge is 2.30. The molecule has 1 N–H and O–H groups in total. The van der Waals surface area contributed by atoms with Gasteiger partial charge in [-0.15, -0.1) is 0 Å². The molecule has 0 aliphatic carbocycles. The molecule has 2 saturated heterocycles. The van der Waals surface area contributed by atoms with Crippen molar-refractivity contribution in [2.75, 3.05) is 71.4 Å². The fraction of sp³-hybridized carbons (Fsp3) is 0.550. The molecule has 2 aliphatic rings. The Morgan fingerprint density at radius 3 is 2.41 bits per heavy atom. The summed E-state index contributed by atoms with van der Waals surface area (Å²) in [6.45, 7) is 7.08. The van der Waals surface area contributed by atoms with Gasteiger partial charge in [0.1, 0.15) is 11.6 Å². The first-order chi connectivity index (χ1) is 13.1. The van der Waals surface area contributed by atoms with E-state index in [1.807, 2.05) is 17.0 Å². The number of nitrogens with zero attached hydrogens (tertiary/aromatic N) is 4. The molecule has 146 valence electrons. The molecule has 0 atom stereocenters. The molecule has 0 unspecified atom stereocenters. The minimum Gasteiger partial charge on any atom is -0.497 e. The summed E-state index contributed by atoms with van der Waals surface area (Å²) in [5, 5.41) is 4.38. The average molecular weight is 371 g/mol. The lowest BCUT2D eigenvalue weighted by atomic mass is 10.1. The number of carbonyl (C=O) groups is 1. The van der Waals surface area contributed by atoms with Crippen LogP contribution in [0.3, 0.4) is 0 Å². The van der Waals surface area contributed by atoms with E-state index in [9.17, 15) is 4.79 Å². The molecule has 0 saturated carbocycles. The Morgan fingerprint density at radius 1 is 1.04 bits per heavy atom. The van der Waals surface area contributed by atoms with Crippen molar-refractivity contribution in [3.63, 3.8) is 0 Å². The molecular weight excluding hydrogens is 342 g/mol. The van der Waals surface area contributed by atoms with Crippen molar-refractivity contribution in [2.24, 2.45) is 7.05 Å². The average Bonchev–Trinajstić information content (AvgIpc) is 3.00. The first-order valence-electron chi connectivity index (χ1n) is 9.70. The largest absolute Gasteiger partial charge is 0.497 e. The van der Waals surface area contributed by atoms with Crippen LogP contribution in [0.4, 0.5) is 5.82 Å². The SMILES string of the molecule is COc1ccc2c(c1)c(C(=O)N1CCN(C)CC1)c(N1CCNCC1)n2C. The number of hydrogen-bond donors (Lipinski definition) is 1. The first-order valence-corrected chi connectivity index (χ1v) is 9.70. The second-order valence-electron chi connectivity index (χ2n) is 7.47. The van der Waals surface area contributed by atoms with Crippen LogP contribution in [0.25, 0.3) is 10.9 Å². The van der Waals surface area contributed by atoms with Crippen molar-refractivity contribution in [1.82, 2.24) is 19.7 Å². The summed E-state index contributed by atoms with van der Waals surface area (Å²) in [7, 11) is 5.84. The number of piperazine rings is 2. The molecule has 1 amide bonds. The van der Waals surface area contributed by atoms with Gasteiger partial charge in [0, 0.05) is 64.8 Å². The first kappa shape index (κ1) is 18.1. The molecule has 0 spiro atoms. The van der Waals surface area contributed by atoms with Crippen molar-refractivity contribution >= 4 is 22.6 Å². The summed E-state index contributed by atoms with van der Waals surface area (Å²) in [6, 6.07) is 6.03. The van der Waals surface area contributed by atoms with E-state index >= 15 is 0 Å². The van der Waals surface area contributed by atoms with Crippen LogP contribution in [0, 0.1) is 0 Å². The minimum atomic E-state index is 0.135. The van der Waals surface area contributed by atoms with Crippen molar-refractivity contribution in [3.05, 3.63) is 23.8 Å². The number of fused-ring (bicyclic) bond motifs is 1. The predicted molar refractivity (Wildman–Crippen MR) is 108 cm³/mol. The van der Waals surface area contributed by atoms with Crippen molar-refractivity contribution in [2.45, 2.75) is 0 Å². The van der Waals surface area contributed by atoms with E-state index in [0.29, 0.717) is 0 Å². The van der Waals surface area contributed by atoms with Crippen LogP contribution in [0.15, 0.2) is 18.2 Å². The minimum absolute atomic E-state index is 0.135. The summed E-state index contributed by atoms with van der Waals surface area (Å²) >= 11 is 0. The van der Waals surface area contributed by atoms with Gasteiger partial charge in [0.2, 0.25) is 0 Å². The molecule has 0 radical (unpaired) electrons. The third kappa shape index (κ3) is 3.26. The lowest BCUT2D eigenvalue weighted by molar-refractivity contribution is 0.0666. The summed E-state index contributed by atoms with van der Waals surface area (Å²) in [6.07, 6.45) is 0. The number of anilines is 1. The molecule has 1 aromatic carbocycles. The number of aromatic nitrogens is 1. The van der Waals surface area contributed by atoms with Crippen LogP contribution in [0.2, 0.25) is 0 Å². The Kier molecular flexibility index (Phi) is 4.97. The van der Waals surface area contributed by atoms with Gasteiger partial charge < -0.3 is 29.3 Å². The Balaban J connectivity index is 1.83. The third-order valence-corrected chi connectivity index (χ3v) is 5.80. The van der Waals surface area contributed by atoms with Gasteiger partial charge in [0.15, 0.2) is 0 Å². The predicted octanol–water partition coefficient (Wildman–Crippen LogP) is 0.984. The Bertz CT molecular complexity index is 832. The number of rotatable bonds is 3. The zero-order valence-electron chi connectivity index (χ0n) is 16.5. The summed E-state index contributed by atoms with van der Waals surface area (Å²) in [5.74, 6) is 1.95. The van der Waals surface area contributed by atoms with E-state index in [-0.39, 0.29) is 5.91 Å². The highest BCUT2D eigenvalue weighted by atomic mass is 16.5. The topological polar surface area (TPSA) is 53.0 Å². The molecule has 7 heteroatoms. The number of carbonyl (C=O) groups excluding carboxylic acids is 1. The normalized spacial score (nSPS) is 18.9. The highest BCUT2D eigenvalue weighted by molar-refractivity contribution is 6.12. The van der Waals surface area contributed by atoms with E-state index < -0.39 is 0 Å². The second kappa shape index (κ2) is 7.40. The van der Waals surface area contributed by atoms with Crippen LogP contribution in [0.5, 0.6) is 5.75 Å². The molecular formula is C20H29N5O2. The zero-order valence-corrected chi connectivity index (χ0v) is 16.5. The Morgan fingerprint density at radius 2 is 1.74 bits per heavy atom. The number of likely N-dealkylation sites (N-methyl/N-ethyl adjacent to an activating group) is 1. The van der Waals surface area contributed by atoms with Crippen LogP contribution in [-0.4, -0.2) is 86.8 Å². The molecule has 2 aromatic rings. The Labute approximate surface area is 160 Å². The fourth-order valence-electron chi connectivity index (χ4n) is 4.16. The van der Waals surface area contributed by atoms with Crippen LogP contribution < -0.4 is 15.0 Å². The maximum absolute atomic E-state index is 13.6. The van der Waals surface area contributed by atoms with Gasteiger partial charge in [-0.05, 0) is 25.2 Å². The lowest BCUT2D eigenvalue weighted by Crippen LogP contribution is -2.48. The maximum atomic E-state index is 13.6. The summed E-state index contributed by atoms with van der Waals surface area (Å²) < 4.78 is 7.62. The smallest absolute Gasteiger partial charge is 0.258 e. The number of ether oxygens (including phenoxy) is 1. The Hall–Kier alpha value is -2.25. The summed E-state index contributed by atoms with van der Waals surface area (Å²) in [5.41, 5.74) is 1.89. The number of aryl methyl sites for hydroxylation is 1. The monoisotopic (exact) mass is 371 g/mol. The number of nitrogens with one attached hydrogen (secondary N) is 1. The van der Waals surface area contributed by atoms with E-state index in [2.05, 4.69) is 39.8 Å². The molecule has 2 aliphatic heterocycles. The lowest BCUT2D eigenvalue weighted by Gasteiger charge is -2.34. The van der Waals surface area contributed by atoms with Gasteiger partial charge in [0.25, 0.3) is 5.91 Å². The number of benzene rings is 1. The fourth-order valence-corrected chi connectivity index (χ4v) is 4.16. The van der Waals surface area contributed by atoms with Crippen molar-refractivity contribution in [1.29, 1.82) is 0 Å². The molecule has 27 heavy (non-hydrogen) atoms. The number of amides is 1. The summed E-state index contributed by atoms with van der Waals surface area (Å²) in [4.78, 5) is 20.2. The van der Waals surface area contributed by atoms with E-state index in [1.54, 1.807) is 7.11 Å². The molecule has 2 fully saturated rings. The van der Waals surface area contributed by atoms with E-state index in [0.717, 1.165) is 80.4 Å². The van der Waals surface area contributed by atoms with E-state index in [1.165, 1.54) is 0 Å². The van der Waals surface area contributed by atoms with Crippen LogP contribution >= 0.6 is 0 Å². The van der Waals surface area contributed by atoms with Crippen molar-refractivity contribution in [3.8, 4) is 5.75 Å². The number of hydrogen-bond acceptors (Lipinski definition) is 5. The molecule has 1 aromatic heterocycles. The highest BCUT2D eigenvalue weighted by Crippen LogP contribution is 2.35. The van der Waals surface area contributed by atoms with Gasteiger partial charge in [-0.2, -0.15) is 0 Å². The molecule has 3 heterocycles. The van der Waals surface area contributed by atoms with Gasteiger partial charge in [-0.25, -0.2) is 0 Å². The number of methoxy groups -OCH3 is 1. The standard InChI is InChI=1S/C20H29N5O2/c1-22-10-12-25(13-11-22)20(26)18-16-14-15(27-3)4-5-17(16)23(2)19(18)24-8-6-21-7-9-24/h4-5,14,21H,6-13H2,1-3H3. The van der Waals surface area contributed by atoms with Crippen LogP contribution in [0.1, 0.15) is 10.4 Å². The zero-order chi connectivity index (χ0) is 19.0. The maximum Gasteiger partial charge on any atom is 0.258 e. The molecule has 4 rings (SSSR count). The third-order valence-electron chi connectivity index (χ3n) is 5.80. The van der Waals surface area contributed by atoms with Crippen molar-refractivity contribution < 1.29 is 9.53 Å². The van der Waals surface area contributed by atoms with Gasteiger partial charge in [0.05, 0.1) is 18.2 Å². The van der Waals surface area contributed by atoms with Gasteiger partial charge >= 0.3 is 0 Å². The van der Waals surface area contributed by atoms with Crippen LogP contribution in [-0.2, 0) is 7.05 Å². The quantitative estimate of drug-likeness (QED) is 0.872. The molecule has 0 bridgehead atoms. The van der Waals surface area contributed by atoms with E-state index in [4.69, 9.17) is 4.74 Å². The van der Waals surface area contributed by atoms with Gasteiger partial charge in [-0.1, -0.05) is 0 Å². The van der Waals surface area contributed by atoms with Gasteiger partial charge in [-0.3, -0.25) is 4.79 Å². The second-order valence-corrected chi connectivity index (χ2v) is 7.47.